The molecule has 0 bridgehead atoms. The Morgan fingerprint density at radius 1 is 0.952 bits per heavy atom. The van der Waals surface area contributed by atoms with Crippen molar-refractivity contribution in [2.45, 2.75) is 20.4 Å². The lowest BCUT2D eigenvalue weighted by atomic mass is 10.2. The summed E-state index contributed by atoms with van der Waals surface area (Å²) in [6.07, 6.45) is 1.86. The molecule has 3 nitrogen and oxygen atoms in total. The van der Waals surface area contributed by atoms with E-state index < -0.39 is 0 Å². The van der Waals surface area contributed by atoms with Gasteiger partial charge in [0.2, 0.25) is 0 Å². The molecule has 0 saturated heterocycles. The average molecular weight is 281 g/mol. The van der Waals surface area contributed by atoms with Gasteiger partial charge in [-0.2, -0.15) is 5.10 Å². The predicted octanol–water partition coefficient (Wildman–Crippen LogP) is 3.66. The number of nitrogens with zero attached hydrogens (tertiary/aromatic N) is 2. The molecule has 0 aliphatic heterocycles. The van der Waals surface area contributed by atoms with Crippen LogP contribution in [-0.2, 0) is 6.54 Å². The van der Waals surface area contributed by atoms with Crippen LogP contribution in [0.25, 0.3) is 0 Å². The maximum atomic E-state index is 4.26. The number of nitrogens with one attached hydrogen (secondary N) is 1. The SMILES string of the molecule is CCN(CC)c1ccc(C=NNCc2ccccc2)cc1. The molecule has 0 saturated carbocycles. The number of hydrazone groups is 1. The summed E-state index contributed by atoms with van der Waals surface area (Å²) in [5.74, 6) is 0. The summed E-state index contributed by atoms with van der Waals surface area (Å²) in [5, 5.41) is 4.26. The highest BCUT2D eigenvalue weighted by Crippen LogP contribution is 2.13. The summed E-state index contributed by atoms with van der Waals surface area (Å²) in [6.45, 7) is 7.15. The molecule has 2 aromatic rings. The van der Waals surface area contributed by atoms with Gasteiger partial charge in [-0.1, -0.05) is 42.5 Å². The highest BCUT2D eigenvalue weighted by Gasteiger charge is 2.00. The maximum absolute atomic E-state index is 4.26. The van der Waals surface area contributed by atoms with Crippen LogP contribution in [0.1, 0.15) is 25.0 Å². The minimum Gasteiger partial charge on any atom is -0.372 e. The Hall–Kier alpha value is -2.29. The van der Waals surface area contributed by atoms with Crippen molar-refractivity contribution in [3.05, 3.63) is 65.7 Å². The van der Waals surface area contributed by atoms with Crippen molar-refractivity contribution in [3.8, 4) is 0 Å². The van der Waals surface area contributed by atoms with Crippen molar-refractivity contribution in [2.24, 2.45) is 5.10 Å². The van der Waals surface area contributed by atoms with E-state index in [0.717, 1.165) is 25.2 Å². The molecule has 0 aliphatic carbocycles. The summed E-state index contributed by atoms with van der Waals surface area (Å²) in [5.41, 5.74) is 6.66. The smallest absolute Gasteiger partial charge is 0.0580 e. The number of hydrogen-bond acceptors (Lipinski definition) is 3. The van der Waals surface area contributed by atoms with Gasteiger partial charge in [0.05, 0.1) is 12.8 Å². The molecule has 0 amide bonds. The number of benzene rings is 2. The van der Waals surface area contributed by atoms with Crippen molar-refractivity contribution >= 4 is 11.9 Å². The van der Waals surface area contributed by atoms with Crippen molar-refractivity contribution < 1.29 is 0 Å². The minimum absolute atomic E-state index is 0.745. The van der Waals surface area contributed by atoms with Crippen LogP contribution in [0.5, 0.6) is 0 Å². The molecule has 2 rings (SSSR count). The quantitative estimate of drug-likeness (QED) is 0.619. The van der Waals surface area contributed by atoms with Gasteiger partial charge in [0.25, 0.3) is 0 Å². The fourth-order valence-electron chi connectivity index (χ4n) is 2.21. The van der Waals surface area contributed by atoms with E-state index in [2.05, 4.69) is 65.7 Å². The first-order valence-electron chi connectivity index (χ1n) is 7.48. The third-order valence-electron chi connectivity index (χ3n) is 3.45. The highest BCUT2D eigenvalue weighted by molar-refractivity contribution is 5.80. The molecule has 0 radical (unpaired) electrons. The fraction of sp³-hybridized carbons (Fsp3) is 0.278. The fourth-order valence-corrected chi connectivity index (χ4v) is 2.21. The molecule has 0 fully saturated rings. The highest BCUT2D eigenvalue weighted by atomic mass is 15.3. The van der Waals surface area contributed by atoms with Gasteiger partial charge >= 0.3 is 0 Å². The Bertz CT molecular complexity index is 542. The Balaban J connectivity index is 1.87. The molecule has 0 aliphatic rings. The van der Waals surface area contributed by atoms with E-state index >= 15 is 0 Å². The van der Waals surface area contributed by atoms with E-state index in [4.69, 9.17) is 0 Å². The van der Waals surface area contributed by atoms with Gasteiger partial charge in [-0.25, -0.2) is 0 Å². The maximum Gasteiger partial charge on any atom is 0.0580 e. The molecular weight excluding hydrogens is 258 g/mol. The van der Waals surface area contributed by atoms with Crippen LogP contribution in [0.2, 0.25) is 0 Å². The monoisotopic (exact) mass is 281 g/mol. The third-order valence-corrected chi connectivity index (χ3v) is 3.45. The molecule has 0 unspecified atom stereocenters. The largest absolute Gasteiger partial charge is 0.372 e. The molecule has 3 heteroatoms. The van der Waals surface area contributed by atoms with Crippen LogP contribution in [0.3, 0.4) is 0 Å². The first-order valence-corrected chi connectivity index (χ1v) is 7.48. The average Bonchev–Trinajstić information content (AvgIpc) is 2.55. The number of hydrogen-bond donors (Lipinski definition) is 1. The Morgan fingerprint density at radius 2 is 1.62 bits per heavy atom. The zero-order chi connectivity index (χ0) is 14.9. The summed E-state index contributed by atoms with van der Waals surface area (Å²) < 4.78 is 0. The zero-order valence-corrected chi connectivity index (χ0v) is 12.8. The number of rotatable bonds is 7. The standard InChI is InChI=1S/C18H23N3/c1-3-21(4-2)18-12-10-17(11-13-18)15-20-19-14-16-8-6-5-7-9-16/h5-13,15,19H,3-4,14H2,1-2H3. The van der Waals surface area contributed by atoms with Gasteiger partial charge in [-0.3, -0.25) is 0 Å². The number of anilines is 1. The van der Waals surface area contributed by atoms with E-state index in [1.54, 1.807) is 0 Å². The molecular formula is C18H23N3. The van der Waals surface area contributed by atoms with Gasteiger partial charge in [0.15, 0.2) is 0 Å². The second kappa shape index (κ2) is 8.10. The van der Waals surface area contributed by atoms with E-state index in [9.17, 15) is 0 Å². The lowest BCUT2D eigenvalue weighted by Crippen LogP contribution is -2.21. The normalized spacial score (nSPS) is 10.8. The molecule has 110 valence electrons. The van der Waals surface area contributed by atoms with Gasteiger partial charge in [0.1, 0.15) is 0 Å². The van der Waals surface area contributed by atoms with E-state index in [1.807, 2.05) is 24.4 Å². The Morgan fingerprint density at radius 3 is 2.24 bits per heavy atom. The van der Waals surface area contributed by atoms with Gasteiger partial charge in [-0.15, -0.1) is 0 Å². The Kier molecular flexibility index (Phi) is 5.83. The molecule has 0 heterocycles. The topological polar surface area (TPSA) is 27.6 Å². The van der Waals surface area contributed by atoms with Crippen molar-refractivity contribution in [1.82, 2.24) is 5.43 Å². The van der Waals surface area contributed by atoms with Crippen molar-refractivity contribution in [3.63, 3.8) is 0 Å². The van der Waals surface area contributed by atoms with Crippen LogP contribution >= 0.6 is 0 Å². The molecule has 1 N–H and O–H groups in total. The second-order valence-electron chi connectivity index (χ2n) is 4.84. The van der Waals surface area contributed by atoms with Crippen molar-refractivity contribution in [2.75, 3.05) is 18.0 Å². The summed E-state index contributed by atoms with van der Waals surface area (Å²) in [7, 11) is 0. The van der Waals surface area contributed by atoms with E-state index in [0.29, 0.717) is 0 Å². The van der Waals surface area contributed by atoms with Crippen molar-refractivity contribution in [1.29, 1.82) is 0 Å². The van der Waals surface area contributed by atoms with Crippen LogP contribution in [0.15, 0.2) is 59.7 Å². The summed E-state index contributed by atoms with van der Waals surface area (Å²) in [6, 6.07) is 18.7. The molecule has 0 spiro atoms. The summed E-state index contributed by atoms with van der Waals surface area (Å²) in [4.78, 5) is 2.33. The second-order valence-corrected chi connectivity index (χ2v) is 4.84. The minimum atomic E-state index is 0.745. The lowest BCUT2D eigenvalue weighted by molar-refractivity contribution is 0.748. The van der Waals surface area contributed by atoms with E-state index in [-0.39, 0.29) is 0 Å². The molecule has 0 atom stereocenters. The van der Waals surface area contributed by atoms with Crippen LogP contribution in [0.4, 0.5) is 5.69 Å². The van der Waals surface area contributed by atoms with Gasteiger partial charge < -0.3 is 10.3 Å². The first-order chi connectivity index (χ1) is 10.3. The first kappa shape index (κ1) is 15.1. The van der Waals surface area contributed by atoms with Crippen LogP contribution in [-0.4, -0.2) is 19.3 Å². The lowest BCUT2D eigenvalue weighted by Gasteiger charge is -2.20. The molecule has 0 aromatic heterocycles. The van der Waals surface area contributed by atoms with Gasteiger partial charge in [0, 0.05) is 18.8 Å². The van der Waals surface area contributed by atoms with Crippen LogP contribution < -0.4 is 10.3 Å². The predicted molar refractivity (Wildman–Crippen MR) is 90.9 cm³/mol. The van der Waals surface area contributed by atoms with Crippen LogP contribution in [0, 0.1) is 0 Å². The Labute approximate surface area is 127 Å². The molecule has 21 heavy (non-hydrogen) atoms. The summed E-state index contributed by atoms with van der Waals surface area (Å²) >= 11 is 0. The molecule has 2 aromatic carbocycles. The third kappa shape index (κ3) is 4.63. The van der Waals surface area contributed by atoms with Gasteiger partial charge in [-0.05, 0) is 37.1 Å². The van der Waals surface area contributed by atoms with E-state index in [1.165, 1.54) is 11.3 Å². The zero-order valence-electron chi connectivity index (χ0n) is 12.8.